The first-order chi connectivity index (χ1) is 41.2. The van der Waals surface area contributed by atoms with Gasteiger partial charge in [0.1, 0.15) is 0 Å². The number of nitrogens with zero attached hydrogens (tertiary/aromatic N) is 4. The summed E-state index contributed by atoms with van der Waals surface area (Å²) in [5.74, 6) is -0.242. The van der Waals surface area contributed by atoms with Gasteiger partial charge < -0.3 is 18.9 Å². The summed E-state index contributed by atoms with van der Waals surface area (Å²) >= 11 is 0. The summed E-state index contributed by atoms with van der Waals surface area (Å²) in [4.78, 5) is 5.02. The van der Waals surface area contributed by atoms with Crippen LogP contribution in [0.5, 0.6) is 0 Å². The lowest BCUT2D eigenvalue weighted by Gasteiger charge is -2.41. The third kappa shape index (κ3) is 7.33. The molecule has 0 spiro atoms. The van der Waals surface area contributed by atoms with Crippen LogP contribution in [0, 0.1) is 0 Å². The first-order valence-corrected chi connectivity index (χ1v) is 28.7. The standard InChI is InChI=1S/C79H52N4/c1-9-25-52(26-10-1)56-41-43-70-64(45-56)66-47-58(54-29-13-3-14-30-54)49-68-74-69-50-59(55-31-15-4-16-32-55)48-67-65-46-57(53-27-11-2-12-28-53)42-44-71(65)83(77(67)69)79-73(81(62-37-21-7-22-38-62)63-39-23-8-24-40-63)51-72(78(75(74)79)82(70)76(66)68)80(60-33-17-5-18-34-60)61-35-19-6-20-36-61/h1-51,74H. The lowest BCUT2D eigenvalue weighted by Crippen LogP contribution is -2.27. The molecular formula is C79H52N4. The van der Waals surface area contributed by atoms with Gasteiger partial charge in [0.2, 0.25) is 0 Å². The second kappa shape index (κ2) is 18.8. The Hall–Kier alpha value is -10.9. The highest BCUT2D eigenvalue weighted by atomic mass is 15.2. The van der Waals surface area contributed by atoms with Crippen LogP contribution in [-0.4, -0.2) is 9.13 Å². The van der Waals surface area contributed by atoms with E-state index in [2.05, 4.69) is 328 Å². The molecule has 2 aromatic heterocycles. The van der Waals surface area contributed by atoms with Crippen LogP contribution < -0.4 is 9.80 Å². The van der Waals surface area contributed by atoms with Gasteiger partial charge in [-0.1, -0.05) is 206 Å². The number of aromatic nitrogens is 2. The molecule has 83 heavy (non-hydrogen) atoms. The average Bonchev–Trinajstić information content (AvgIpc) is 1.72. The fourth-order valence-corrected chi connectivity index (χ4v) is 13.9. The van der Waals surface area contributed by atoms with Gasteiger partial charge in [0.15, 0.2) is 0 Å². The van der Waals surface area contributed by atoms with Gasteiger partial charge in [-0.15, -0.1) is 0 Å². The summed E-state index contributed by atoms with van der Waals surface area (Å²) in [6.07, 6.45) is 0. The molecule has 0 aliphatic carbocycles. The second-order valence-electron chi connectivity index (χ2n) is 22.0. The van der Waals surface area contributed by atoms with Crippen molar-refractivity contribution in [3.8, 4) is 55.9 Å². The van der Waals surface area contributed by atoms with Crippen molar-refractivity contribution < 1.29 is 0 Å². The largest absolute Gasteiger partial charge is 0.308 e. The highest BCUT2D eigenvalue weighted by Crippen LogP contribution is 2.62. The van der Waals surface area contributed by atoms with E-state index in [4.69, 9.17) is 0 Å². The molecular weight excluding hydrogens is 1000 g/mol. The van der Waals surface area contributed by atoms with Crippen LogP contribution in [-0.2, 0) is 0 Å². The van der Waals surface area contributed by atoms with Gasteiger partial charge in [-0.05, 0) is 159 Å². The highest BCUT2D eigenvalue weighted by molar-refractivity contribution is 6.19. The maximum absolute atomic E-state index is 2.66. The van der Waals surface area contributed by atoms with Gasteiger partial charge in [0.25, 0.3) is 0 Å². The van der Waals surface area contributed by atoms with E-state index in [0.717, 1.165) is 56.5 Å². The minimum absolute atomic E-state index is 0.242. The normalized spacial score (nSPS) is 12.3. The van der Waals surface area contributed by atoms with E-state index < -0.39 is 0 Å². The average molecular weight is 1060 g/mol. The molecule has 4 heterocycles. The number of rotatable bonds is 10. The minimum atomic E-state index is -0.242. The predicted octanol–water partition coefficient (Wildman–Crippen LogP) is 21.3. The summed E-state index contributed by atoms with van der Waals surface area (Å²) < 4.78 is 5.32. The van der Waals surface area contributed by atoms with Crippen LogP contribution >= 0.6 is 0 Å². The van der Waals surface area contributed by atoms with Crippen LogP contribution in [0.3, 0.4) is 0 Å². The molecule has 0 saturated carbocycles. The van der Waals surface area contributed by atoms with Gasteiger partial charge in [-0.2, -0.15) is 0 Å². The number of para-hydroxylation sites is 4. The van der Waals surface area contributed by atoms with E-state index in [1.54, 1.807) is 0 Å². The van der Waals surface area contributed by atoms with Crippen molar-refractivity contribution in [2.24, 2.45) is 0 Å². The maximum Gasteiger partial charge on any atom is 0.0767 e. The van der Waals surface area contributed by atoms with Gasteiger partial charge in [-0.25, -0.2) is 0 Å². The van der Waals surface area contributed by atoms with Crippen LogP contribution in [0.25, 0.3) is 99.5 Å². The second-order valence-corrected chi connectivity index (χ2v) is 22.0. The van der Waals surface area contributed by atoms with E-state index in [1.807, 2.05) is 0 Å². The zero-order chi connectivity index (χ0) is 54.5. The third-order valence-corrected chi connectivity index (χ3v) is 17.4. The van der Waals surface area contributed by atoms with Gasteiger partial charge in [0, 0.05) is 55.8 Å². The number of hydrogen-bond acceptors (Lipinski definition) is 2. The Bertz CT molecular complexity index is 4590. The Balaban J connectivity index is 1.13. The molecule has 2 aliphatic rings. The molecule has 0 amide bonds. The summed E-state index contributed by atoms with van der Waals surface area (Å²) in [5, 5.41) is 4.88. The molecule has 0 N–H and O–H groups in total. The summed E-state index contributed by atoms with van der Waals surface area (Å²) in [5.41, 5.74) is 26.8. The number of hydrogen-bond donors (Lipinski definition) is 0. The van der Waals surface area contributed by atoms with Crippen molar-refractivity contribution in [2.45, 2.75) is 5.92 Å². The SMILES string of the molecule is c1ccc(-c2ccc3c(c2)c2cc(-c4ccccc4)cc4c2n3-c2c(N(c3ccccc3)c3ccccc3)cc(N(c3ccccc3)c3ccccc3)c3c2C4c2cc(-c4ccccc4)cc4c5cc(-c6ccccc6)ccc5n-3c24)cc1. The van der Waals surface area contributed by atoms with E-state index >= 15 is 0 Å². The molecule has 0 fully saturated rings. The predicted molar refractivity (Wildman–Crippen MR) is 347 cm³/mol. The highest BCUT2D eigenvalue weighted by Gasteiger charge is 2.43. The van der Waals surface area contributed by atoms with Crippen LogP contribution in [0.15, 0.2) is 309 Å². The van der Waals surface area contributed by atoms with Gasteiger partial charge in [0.05, 0.1) is 44.8 Å². The number of benzene rings is 13. The van der Waals surface area contributed by atoms with Crippen molar-refractivity contribution in [3.05, 3.63) is 326 Å². The molecule has 17 rings (SSSR count). The van der Waals surface area contributed by atoms with E-state index in [0.29, 0.717) is 0 Å². The Labute approximate surface area is 481 Å². The third-order valence-electron chi connectivity index (χ3n) is 17.4. The summed E-state index contributed by atoms with van der Waals surface area (Å²) in [6, 6.07) is 115. The summed E-state index contributed by atoms with van der Waals surface area (Å²) in [7, 11) is 0. The first kappa shape index (κ1) is 46.9. The molecule has 15 aromatic rings. The smallest absolute Gasteiger partial charge is 0.0767 e. The fraction of sp³-hybridized carbons (Fsp3) is 0.0127. The van der Waals surface area contributed by atoms with Crippen LogP contribution in [0.1, 0.15) is 22.6 Å². The van der Waals surface area contributed by atoms with Crippen molar-refractivity contribution >= 4 is 77.7 Å². The Morgan fingerprint density at radius 2 is 0.530 bits per heavy atom. The van der Waals surface area contributed by atoms with Crippen molar-refractivity contribution in [1.29, 1.82) is 0 Å². The van der Waals surface area contributed by atoms with Crippen molar-refractivity contribution in [1.82, 2.24) is 9.13 Å². The molecule has 4 heteroatoms. The molecule has 388 valence electrons. The van der Waals surface area contributed by atoms with Crippen molar-refractivity contribution in [3.63, 3.8) is 0 Å². The lowest BCUT2D eigenvalue weighted by atomic mass is 9.75. The molecule has 2 aliphatic heterocycles. The van der Waals surface area contributed by atoms with E-state index in [-0.39, 0.29) is 5.92 Å². The monoisotopic (exact) mass is 1060 g/mol. The number of anilines is 6. The quantitative estimate of drug-likeness (QED) is 0.136. The molecule has 4 nitrogen and oxygen atoms in total. The van der Waals surface area contributed by atoms with Crippen LogP contribution in [0.2, 0.25) is 0 Å². The zero-order valence-corrected chi connectivity index (χ0v) is 45.3. The Kier molecular flexibility index (Phi) is 10.7. The summed E-state index contributed by atoms with van der Waals surface area (Å²) in [6.45, 7) is 0. The van der Waals surface area contributed by atoms with Crippen LogP contribution in [0.4, 0.5) is 34.1 Å². The van der Waals surface area contributed by atoms with Gasteiger partial charge in [-0.3, -0.25) is 0 Å². The lowest BCUT2D eigenvalue weighted by molar-refractivity contribution is 0.882. The van der Waals surface area contributed by atoms with Crippen molar-refractivity contribution in [2.75, 3.05) is 9.80 Å². The topological polar surface area (TPSA) is 16.3 Å². The molecule has 0 saturated heterocycles. The number of fused-ring (bicyclic) bond motifs is 10. The zero-order valence-electron chi connectivity index (χ0n) is 45.3. The molecule has 0 bridgehead atoms. The molecule has 0 radical (unpaired) electrons. The molecule has 0 unspecified atom stereocenters. The Morgan fingerprint density at radius 3 is 0.855 bits per heavy atom. The maximum atomic E-state index is 2.66. The Morgan fingerprint density at radius 1 is 0.241 bits per heavy atom. The molecule has 0 atom stereocenters. The van der Waals surface area contributed by atoms with E-state index in [9.17, 15) is 0 Å². The first-order valence-electron chi connectivity index (χ1n) is 28.7. The minimum Gasteiger partial charge on any atom is -0.308 e. The van der Waals surface area contributed by atoms with E-state index in [1.165, 1.54) is 93.8 Å². The fourth-order valence-electron chi connectivity index (χ4n) is 13.9. The molecule has 13 aromatic carbocycles. The van der Waals surface area contributed by atoms with Gasteiger partial charge >= 0.3 is 0 Å².